The van der Waals surface area contributed by atoms with Crippen LogP contribution in [0, 0.1) is 0 Å². The maximum atomic E-state index is 9.92. The first-order valence-electron chi connectivity index (χ1n) is 2.98. The monoisotopic (exact) mass is 139 g/mol. The van der Waals surface area contributed by atoms with Gasteiger partial charge in [-0.3, -0.25) is 20.2 Å². The molecule has 1 N–H and O–H groups in total. The lowest BCUT2D eigenvalue weighted by molar-refractivity contribution is -0.112. The molecule has 4 nitrogen and oxygen atoms in total. The number of hydrazine groups is 1. The highest BCUT2D eigenvalue weighted by atomic mass is 16.1. The highest BCUT2D eigenvalue weighted by molar-refractivity contribution is 5.93. The van der Waals surface area contributed by atoms with Gasteiger partial charge in [0, 0.05) is 11.9 Å². The normalized spacial score (nSPS) is 16.5. The van der Waals surface area contributed by atoms with Gasteiger partial charge in [0.15, 0.2) is 0 Å². The number of nitrogens with zero attached hydrogens (tertiary/aromatic N) is 2. The Kier molecular flexibility index (Phi) is 2.04. The Morgan fingerprint density at radius 3 is 3.20 bits per heavy atom. The summed E-state index contributed by atoms with van der Waals surface area (Å²) in [5.74, 6) is 0. The van der Waals surface area contributed by atoms with Crippen LogP contribution < -0.4 is 5.43 Å². The molecule has 0 atom stereocenters. The Bertz CT molecular complexity index is 185. The van der Waals surface area contributed by atoms with Gasteiger partial charge in [0.25, 0.3) is 0 Å². The maximum absolute atomic E-state index is 9.92. The summed E-state index contributed by atoms with van der Waals surface area (Å²) < 4.78 is 0. The SMILES string of the molecule is CC1=NCN(NC=O)C=C1. The number of nitrogens with one attached hydrogen (secondary N) is 1. The van der Waals surface area contributed by atoms with Gasteiger partial charge in [0.1, 0.15) is 6.67 Å². The van der Waals surface area contributed by atoms with E-state index in [9.17, 15) is 4.79 Å². The lowest BCUT2D eigenvalue weighted by Crippen LogP contribution is -2.34. The maximum Gasteiger partial charge on any atom is 0.225 e. The first-order chi connectivity index (χ1) is 4.83. The Balaban J connectivity index is 2.44. The van der Waals surface area contributed by atoms with E-state index in [-0.39, 0.29) is 0 Å². The molecular formula is C6H9N3O. The number of allylic oxidation sites excluding steroid dienone is 1. The van der Waals surface area contributed by atoms with Gasteiger partial charge < -0.3 is 0 Å². The minimum atomic E-state index is 0.501. The molecule has 1 rings (SSSR count). The van der Waals surface area contributed by atoms with Gasteiger partial charge in [0.05, 0.1) is 0 Å². The average molecular weight is 139 g/mol. The van der Waals surface area contributed by atoms with Crippen LogP contribution in [0.3, 0.4) is 0 Å². The standard InChI is InChI=1S/C6H9N3O/c1-6-2-3-9(4-7-6)8-5-10/h2-3,5H,4H2,1H3,(H,8,10). The number of aliphatic imine (C=N–C) groups is 1. The van der Waals surface area contributed by atoms with Crippen molar-refractivity contribution < 1.29 is 4.79 Å². The number of carbonyl (C=O) groups is 1. The molecule has 10 heavy (non-hydrogen) atoms. The molecule has 0 saturated heterocycles. The van der Waals surface area contributed by atoms with E-state index in [0.29, 0.717) is 13.1 Å². The van der Waals surface area contributed by atoms with Crippen molar-refractivity contribution >= 4 is 12.1 Å². The van der Waals surface area contributed by atoms with Crippen LogP contribution in [0.4, 0.5) is 0 Å². The van der Waals surface area contributed by atoms with Gasteiger partial charge >= 0.3 is 0 Å². The molecule has 1 heterocycles. The molecular weight excluding hydrogens is 130 g/mol. The van der Waals surface area contributed by atoms with E-state index in [1.807, 2.05) is 13.0 Å². The molecule has 0 aromatic carbocycles. The number of carbonyl (C=O) groups excluding carboxylic acids is 1. The quantitative estimate of drug-likeness (QED) is 0.543. The third-order valence-corrected chi connectivity index (χ3v) is 1.19. The van der Waals surface area contributed by atoms with Crippen molar-refractivity contribution in [2.75, 3.05) is 6.67 Å². The zero-order valence-electron chi connectivity index (χ0n) is 5.74. The second kappa shape index (κ2) is 3.00. The van der Waals surface area contributed by atoms with Crippen LogP contribution in [0.15, 0.2) is 17.3 Å². The molecule has 0 spiro atoms. The molecule has 0 radical (unpaired) electrons. The second-order valence-corrected chi connectivity index (χ2v) is 1.97. The van der Waals surface area contributed by atoms with Crippen LogP contribution in [-0.2, 0) is 4.79 Å². The molecule has 0 bridgehead atoms. The first-order valence-corrected chi connectivity index (χ1v) is 2.98. The predicted molar refractivity (Wildman–Crippen MR) is 38.2 cm³/mol. The average Bonchev–Trinajstić information content (AvgIpc) is 1.95. The lowest BCUT2D eigenvalue weighted by atomic mass is 10.4. The summed E-state index contributed by atoms with van der Waals surface area (Å²) in [7, 11) is 0. The molecule has 0 aliphatic carbocycles. The van der Waals surface area contributed by atoms with E-state index < -0.39 is 0 Å². The van der Waals surface area contributed by atoms with Crippen molar-refractivity contribution in [1.29, 1.82) is 0 Å². The molecule has 0 saturated carbocycles. The highest BCUT2D eigenvalue weighted by Gasteiger charge is 1.98. The summed E-state index contributed by atoms with van der Waals surface area (Å²) >= 11 is 0. The third kappa shape index (κ3) is 1.58. The lowest BCUT2D eigenvalue weighted by Gasteiger charge is -2.18. The fourth-order valence-corrected chi connectivity index (χ4v) is 0.637. The zero-order valence-corrected chi connectivity index (χ0v) is 5.74. The van der Waals surface area contributed by atoms with Crippen LogP contribution in [0.5, 0.6) is 0 Å². The summed E-state index contributed by atoms with van der Waals surface area (Å²) in [5, 5.41) is 1.60. The van der Waals surface area contributed by atoms with Crippen molar-refractivity contribution in [3.63, 3.8) is 0 Å². The van der Waals surface area contributed by atoms with Crippen molar-refractivity contribution in [1.82, 2.24) is 10.4 Å². The van der Waals surface area contributed by atoms with E-state index in [0.717, 1.165) is 5.71 Å². The van der Waals surface area contributed by atoms with Gasteiger partial charge in [-0.05, 0) is 13.0 Å². The van der Waals surface area contributed by atoms with Gasteiger partial charge in [-0.2, -0.15) is 0 Å². The third-order valence-electron chi connectivity index (χ3n) is 1.19. The number of hydrogen-bond acceptors (Lipinski definition) is 3. The summed E-state index contributed by atoms with van der Waals surface area (Å²) in [6.07, 6.45) is 4.23. The molecule has 1 amide bonds. The Hall–Kier alpha value is -1.32. The van der Waals surface area contributed by atoms with Gasteiger partial charge in [-0.25, -0.2) is 0 Å². The molecule has 1 aliphatic heterocycles. The molecule has 4 heteroatoms. The second-order valence-electron chi connectivity index (χ2n) is 1.97. The van der Waals surface area contributed by atoms with Crippen LogP contribution in [0.1, 0.15) is 6.92 Å². The number of hydrogen-bond donors (Lipinski definition) is 1. The molecule has 0 unspecified atom stereocenters. The Morgan fingerprint density at radius 2 is 2.70 bits per heavy atom. The summed E-state index contributed by atoms with van der Waals surface area (Å²) in [4.78, 5) is 14.0. The molecule has 1 aliphatic rings. The summed E-state index contributed by atoms with van der Waals surface area (Å²) in [5.41, 5.74) is 3.44. The number of amides is 1. The van der Waals surface area contributed by atoms with Crippen LogP contribution in [-0.4, -0.2) is 23.8 Å². The van der Waals surface area contributed by atoms with Crippen molar-refractivity contribution in [3.8, 4) is 0 Å². The van der Waals surface area contributed by atoms with E-state index in [1.165, 1.54) is 0 Å². The smallest absolute Gasteiger partial charge is 0.225 e. The summed E-state index contributed by atoms with van der Waals surface area (Å²) in [6, 6.07) is 0. The Morgan fingerprint density at radius 1 is 1.90 bits per heavy atom. The minimum Gasteiger partial charge on any atom is -0.277 e. The van der Waals surface area contributed by atoms with E-state index in [1.54, 1.807) is 11.2 Å². The van der Waals surface area contributed by atoms with Crippen molar-refractivity contribution in [3.05, 3.63) is 12.3 Å². The van der Waals surface area contributed by atoms with E-state index in [4.69, 9.17) is 0 Å². The van der Waals surface area contributed by atoms with Crippen LogP contribution in [0.25, 0.3) is 0 Å². The predicted octanol–water partition coefficient (Wildman–Crippen LogP) is -0.105. The molecule has 54 valence electrons. The van der Waals surface area contributed by atoms with E-state index >= 15 is 0 Å². The van der Waals surface area contributed by atoms with Gasteiger partial charge in [0.2, 0.25) is 6.41 Å². The molecule has 0 aromatic heterocycles. The zero-order chi connectivity index (χ0) is 7.40. The van der Waals surface area contributed by atoms with Crippen molar-refractivity contribution in [2.45, 2.75) is 6.92 Å². The first kappa shape index (κ1) is 6.80. The van der Waals surface area contributed by atoms with Gasteiger partial charge in [-0.15, -0.1) is 0 Å². The van der Waals surface area contributed by atoms with Crippen LogP contribution in [0.2, 0.25) is 0 Å². The number of rotatable bonds is 2. The highest BCUT2D eigenvalue weighted by Crippen LogP contribution is 1.94. The van der Waals surface area contributed by atoms with Crippen molar-refractivity contribution in [2.24, 2.45) is 4.99 Å². The fourth-order valence-electron chi connectivity index (χ4n) is 0.637. The van der Waals surface area contributed by atoms with Crippen LogP contribution >= 0.6 is 0 Å². The Labute approximate surface area is 59.2 Å². The van der Waals surface area contributed by atoms with E-state index in [2.05, 4.69) is 10.4 Å². The largest absolute Gasteiger partial charge is 0.277 e. The van der Waals surface area contributed by atoms with Gasteiger partial charge in [-0.1, -0.05) is 0 Å². The molecule has 0 aromatic rings. The topological polar surface area (TPSA) is 44.7 Å². The minimum absolute atomic E-state index is 0.501. The fraction of sp³-hybridized carbons (Fsp3) is 0.333. The molecule has 0 fully saturated rings. The summed E-state index contributed by atoms with van der Waals surface area (Å²) in [6.45, 7) is 2.41.